The molecule has 0 N–H and O–H groups in total. The Hall–Kier alpha value is -2.89. The average Bonchev–Trinajstić information content (AvgIpc) is 3.26. The minimum absolute atomic E-state index is 0.0851. The first-order valence-corrected chi connectivity index (χ1v) is 25.8. The number of rotatable bonds is 46. The lowest BCUT2D eigenvalue weighted by molar-refractivity contribution is -0.167. The molecule has 352 valence electrons. The molecule has 0 aliphatic heterocycles. The van der Waals surface area contributed by atoms with Crippen LogP contribution in [0.1, 0.15) is 252 Å². The van der Waals surface area contributed by atoms with Crippen molar-refractivity contribution in [2.75, 3.05) is 13.2 Å². The Morgan fingerprint density at radius 2 is 0.639 bits per heavy atom. The summed E-state index contributed by atoms with van der Waals surface area (Å²) < 4.78 is 16.6. The lowest BCUT2D eigenvalue weighted by Crippen LogP contribution is -2.30. The van der Waals surface area contributed by atoms with Crippen LogP contribution in [0.25, 0.3) is 0 Å². The number of allylic oxidation sites excluding steroid dienone is 10. The minimum Gasteiger partial charge on any atom is -0.462 e. The normalized spacial score (nSPS) is 12.5. The van der Waals surface area contributed by atoms with Crippen LogP contribution in [0.4, 0.5) is 0 Å². The van der Waals surface area contributed by atoms with Crippen LogP contribution < -0.4 is 0 Å². The maximum absolute atomic E-state index is 12.7. The summed E-state index contributed by atoms with van der Waals surface area (Å²) >= 11 is 0. The molecule has 0 saturated carbocycles. The molecular weight excluding hydrogens is 757 g/mol. The highest BCUT2D eigenvalue weighted by Crippen LogP contribution is 2.14. The highest BCUT2D eigenvalue weighted by atomic mass is 16.6. The first-order valence-electron chi connectivity index (χ1n) is 25.8. The summed E-state index contributed by atoms with van der Waals surface area (Å²) in [6.45, 7) is 6.42. The summed E-state index contributed by atoms with van der Waals surface area (Å²) in [5.74, 6) is -0.922. The zero-order chi connectivity index (χ0) is 44.4. The molecule has 0 aromatic carbocycles. The maximum Gasteiger partial charge on any atom is 0.306 e. The van der Waals surface area contributed by atoms with Crippen LogP contribution in [0.3, 0.4) is 0 Å². The third-order valence-electron chi connectivity index (χ3n) is 11.0. The predicted molar refractivity (Wildman–Crippen MR) is 261 cm³/mol. The van der Waals surface area contributed by atoms with Crippen molar-refractivity contribution >= 4 is 17.9 Å². The van der Waals surface area contributed by atoms with E-state index in [1.165, 1.54) is 109 Å². The van der Waals surface area contributed by atoms with Crippen molar-refractivity contribution in [2.45, 2.75) is 258 Å². The van der Waals surface area contributed by atoms with Gasteiger partial charge in [0.15, 0.2) is 6.10 Å². The van der Waals surface area contributed by atoms with E-state index in [0.29, 0.717) is 19.3 Å². The van der Waals surface area contributed by atoms with E-state index >= 15 is 0 Å². The van der Waals surface area contributed by atoms with E-state index in [-0.39, 0.29) is 31.1 Å². The molecule has 6 nitrogen and oxygen atoms in total. The quantitative estimate of drug-likeness (QED) is 0.0263. The molecule has 0 saturated heterocycles. The molecule has 6 heteroatoms. The summed E-state index contributed by atoms with van der Waals surface area (Å²) in [5.41, 5.74) is 0. The molecule has 0 rings (SSSR count). The van der Waals surface area contributed by atoms with Crippen molar-refractivity contribution in [3.8, 4) is 0 Å². The summed E-state index contributed by atoms with van der Waals surface area (Å²) in [6.07, 6.45) is 61.0. The molecule has 0 bridgehead atoms. The average molecular weight is 853 g/mol. The summed E-state index contributed by atoms with van der Waals surface area (Å²) in [4.78, 5) is 37.7. The number of hydrogen-bond donors (Lipinski definition) is 0. The molecule has 0 heterocycles. The predicted octanol–water partition coefficient (Wildman–Crippen LogP) is 16.9. The van der Waals surface area contributed by atoms with Crippen LogP contribution in [-0.4, -0.2) is 37.2 Å². The monoisotopic (exact) mass is 853 g/mol. The zero-order valence-corrected chi connectivity index (χ0v) is 40.2. The third kappa shape index (κ3) is 48.0. The van der Waals surface area contributed by atoms with Gasteiger partial charge < -0.3 is 14.2 Å². The Morgan fingerprint density at radius 1 is 0.344 bits per heavy atom. The second kappa shape index (κ2) is 49.8. The summed E-state index contributed by atoms with van der Waals surface area (Å²) in [7, 11) is 0. The molecule has 1 atom stereocenters. The molecule has 0 aliphatic carbocycles. The number of carbonyl (C=O) groups excluding carboxylic acids is 3. The fraction of sp³-hybridized carbons (Fsp3) is 0.764. The van der Waals surface area contributed by atoms with Gasteiger partial charge in [0.2, 0.25) is 0 Å². The van der Waals surface area contributed by atoms with E-state index in [0.717, 1.165) is 103 Å². The van der Waals surface area contributed by atoms with Crippen molar-refractivity contribution in [3.63, 3.8) is 0 Å². The Labute approximate surface area is 377 Å². The SMILES string of the molecule is CC/C=C\C/C=C\C/C=C\C/C=C\CCCCCCC(=O)OC(COC(=O)CCCCCCC)COC(=O)CCCCCCCCCCC/C=C\CCCCCCCCCC. The van der Waals surface area contributed by atoms with E-state index in [1.807, 2.05) is 0 Å². The van der Waals surface area contributed by atoms with Gasteiger partial charge in [0.25, 0.3) is 0 Å². The second-order valence-corrected chi connectivity index (χ2v) is 17.1. The van der Waals surface area contributed by atoms with Gasteiger partial charge in [-0.1, -0.05) is 210 Å². The van der Waals surface area contributed by atoms with Crippen molar-refractivity contribution in [3.05, 3.63) is 60.8 Å². The highest BCUT2D eigenvalue weighted by Gasteiger charge is 2.19. The van der Waals surface area contributed by atoms with Crippen molar-refractivity contribution in [1.82, 2.24) is 0 Å². The Balaban J connectivity index is 4.18. The zero-order valence-electron chi connectivity index (χ0n) is 40.2. The van der Waals surface area contributed by atoms with Gasteiger partial charge in [0.1, 0.15) is 13.2 Å². The topological polar surface area (TPSA) is 78.9 Å². The lowest BCUT2D eigenvalue weighted by Gasteiger charge is -2.18. The largest absolute Gasteiger partial charge is 0.462 e. The van der Waals surface area contributed by atoms with E-state index in [1.54, 1.807) is 0 Å². The standard InChI is InChI=1S/C55H96O6/c1-4-7-10-13-15-17-19-21-23-25-26-27-28-30-31-33-35-37-39-42-45-48-54(57)60-51-52(50-59-53(56)47-44-41-12-9-6-3)61-55(58)49-46-43-40-38-36-34-32-29-24-22-20-18-16-14-11-8-5-2/h8,11,16,18,22,24-26,32,34,52H,4-7,9-10,12-15,17,19-21,23,27-31,33,35-51H2,1-3H3/b11-8-,18-16-,24-22-,26-25-,34-32-. The van der Waals surface area contributed by atoms with Gasteiger partial charge in [-0.3, -0.25) is 14.4 Å². The van der Waals surface area contributed by atoms with Gasteiger partial charge in [-0.15, -0.1) is 0 Å². The fourth-order valence-electron chi connectivity index (χ4n) is 7.13. The minimum atomic E-state index is -0.783. The molecule has 0 aromatic heterocycles. The number of carbonyl (C=O) groups is 3. The van der Waals surface area contributed by atoms with Gasteiger partial charge in [-0.2, -0.15) is 0 Å². The van der Waals surface area contributed by atoms with Crippen molar-refractivity contribution in [1.29, 1.82) is 0 Å². The summed E-state index contributed by atoms with van der Waals surface area (Å²) in [5, 5.41) is 0. The molecule has 0 fully saturated rings. The second-order valence-electron chi connectivity index (χ2n) is 17.1. The maximum atomic E-state index is 12.7. The van der Waals surface area contributed by atoms with Gasteiger partial charge in [-0.05, 0) is 83.5 Å². The third-order valence-corrected chi connectivity index (χ3v) is 11.0. The number of ether oxygens (including phenoxy) is 3. The van der Waals surface area contributed by atoms with Gasteiger partial charge in [0, 0.05) is 19.3 Å². The fourth-order valence-corrected chi connectivity index (χ4v) is 7.13. The van der Waals surface area contributed by atoms with Crippen LogP contribution in [0.15, 0.2) is 60.8 Å². The van der Waals surface area contributed by atoms with E-state index in [2.05, 4.69) is 81.5 Å². The Morgan fingerprint density at radius 3 is 1.02 bits per heavy atom. The highest BCUT2D eigenvalue weighted by molar-refractivity contribution is 5.71. The van der Waals surface area contributed by atoms with Gasteiger partial charge >= 0.3 is 17.9 Å². The smallest absolute Gasteiger partial charge is 0.306 e. The van der Waals surface area contributed by atoms with Gasteiger partial charge in [0.05, 0.1) is 0 Å². The molecule has 0 spiro atoms. The van der Waals surface area contributed by atoms with E-state index in [9.17, 15) is 14.4 Å². The Bertz CT molecular complexity index is 1120. The first kappa shape index (κ1) is 58.1. The van der Waals surface area contributed by atoms with Crippen molar-refractivity contribution < 1.29 is 28.6 Å². The molecule has 1 unspecified atom stereocenters. The number of esters is 3. The molecule has 0 aromatic rings. The van der Waals surface area contributed by atoms with Crippen LogP contribution in [-0.2, 0) is 28.6 Å². The molecule has 61 heavy (non-hydrogen) atoms. The molecular formula is C55H96O6. The van der Waals surface area contributed by atoms with Crippen LogP contribution in [0.5, 0.6) is 0 Å². The number of hydrogen-bond acceptors (Lipinski definition) is 6. The molecule has 0 aliphatic rings. The van der Waals surface area contributed by atoms with E-state index < -0.39 is 6.10 Å². The molecule has 0 radical (unpaired) electrons. The molecule has 0 amide bonds. The first-order chi connectivity index (χ1) is 30.0. The number of unbranched alkanes of at least 4 members (excludes halogenated alkanes) is 25. The van der Waals surface area contributed by atoms with E-state index in [4.69, 9.17) is 14.2 Å². The van der Waals surface area contributed by atoms with Crippen LogP contribution >= 0.6 is 0 Å². The van der Waals surface area contributed by atoms with Crippen LogP contribution in [0, 0.1) is 0 Å². The Kier molecular flexibility index (Phi) is 47.4. The van der Waals surface area contributed by atoms with Gasteiger partial charge in [-0.25, -0.2) is 0 Å². The van der Waals surface area contributed by atoms with Crippen molar-refractivity contribution in [2.24, 2.45) is 0 Å². The lowest BCUT2D eigenvalue weighted by atomic mass is 10.1. The summed E-state index contributed by atoms with van der Waals surface area (Å²) in [6, 6.07) is 0. The van der Waals surface area contributed by atoms with Crippen LogP contribution in [0.2, 0.25) is 0 Å².